The molecule has 0 unspecified atom stereocenters. The summed E-state index contributed by atoms with van der Waals surface area (Å²) < 4.78 is 0. The highest BCUT2D eigenvalue weighted by molar-refractivity contribution is 5.78. The molecule has 0 aliphatic carbocycles. The van der Waals surface area contributed by atoms with Crippen molar-refractivity contribution >= 4 is 5.91 Å². The van der Waals surface area contributed by atoms with Crippen LogP contribution in [0, 0.1) is 0 Å². The molecule has 1 saturated heterocycles. The molecule has 4 nitrogen and oxygen atoms in total. The van der Waals surface area contributed by atoms with Gasteiger partial charge in [0.25, 0.3) is 0 Å². The Hall–Kier alpha value is -0.610. The monoisotopic (exact) mass is 228 g/mol. The van der Waals surface area contributed by atoms with E-state index in [-0.39, 0.29) is 24.1 Å². The van der Waals surface area contributed by atoms with Crippen molar-refractivity contribution in [2.45, 2.75) is 51.6 Å². The van der Waals surface area contributed by atoms with Crippen LogP contribution in [0.4, 0.5) is 0 Å². The van der Waals surface area contributed by atoms with Crippen LogP contribution in [0.15, 0.2) is 0 Å². The van der Waals surface area contributed by atoms with Crippen molar-refractivity contribution in [3.05, 3.63) is 0 Å². The van der Waals surface area contributed by atoms with Crippen molar-refractivity contribution in [2.24, 2.45) is 0 Å². The van der Waals surface area contributed by atoms with E-state index in [4.69, 9.17) is 5.11 Å². The molecule has 94 valence electrons. The Kier molecular flexibility index (Phi) is 4.74. The van der Waals surface area contributed by atoms with Gasteiger partial charge in [0.15, 0.2) is 0 Å². The minimum atomic E-state index is -0.133. The lowest BCUT2D eigenvalue weighted by molar-refractivity contribution is -0.124. The van der Waals surface area contributed by atoms with E-state index in [1.54, 1.807) is 0 Å². The number of hydrogen-bond donors (Lipinski definition) is 2. The van der Waals surface area contributed by atoms with Gasteiger partial charge in [-0.05, 0) is 39.7 Å². The molecule has 0 aromatic heterocycles. The summed E-state index contributed by atoms with van der Waals surface area (Å²) in [6.07, 6.45) is 3.00. The second-order valence-electron chi connectivity index (χ2n) is 5.23. The zero-order valence-electron chi connectivity index (χ0n) is 10.6. The van der Waals surface area contributed by atoms with E-state index in [1.165, 1.54) is 0 Å². The van der Waals surface area contributed by atoms with E-state index in [0.717, 1.165) is 25.8 Å². The van der Waals surface area contributed by atoms with Gasteiger partial charge >= 0.3 is 0 Å². The first-order chi connectivity index (χ1) is 7.48. The van der Waals surface area contributed by atoms with Gasteiger partial charge < -0.3 is 10.4 Å². The Morgan fingerprint density at radius 1 is 1.56 bits per heavy atom. The van der Waals surface area contributed by atoms with Gasteiger partial charge in [0.05, 0.1) is 13.2 Å². The first-order valence-electron chi connectivity index (χ1n) is 6.14. The zero-order chi connectivity index (χ0) is 12.2. The second-order valence-corrected chi connectivity index (χ2v) is 5.23. The van der Waals surface area contributed by atoms with E-state index in [1.807, 2.05) is 13.8 Å². The summed E-state index contributed by atoms with van der Waals surface area (Å²) in [7, 11) is 0. The molecule has 2 N–H and O–H groups in total. The topological polar surface area (TPSA) is 52.6 Å². The minimum absolute atomic E-state index is 0.0622. The number of nitrogens with one attached hydrogen (secondary N) is 1. The fraction of sp³-hybridized carbons (Fsp3) is 0.917. The summed E-state index contributed by atoms with van der Waals surface area (Å²) in [5.41, 5.74) is -0.133. The smallest absolute Gasteiger partial charge is 0.234 e. The maximum absolute atomic E-state index is 11.8. The van der Waals surface area contributed by atoms with E-state index in [0.29, 0.717) is 6.54 Å². The Labute approximate surface area is 98.0 Å². The van der Waals surface area contributed by atoms with Gasteiger partial charge in [-0.3, -0.25) is 9.69 Å². The summed E-state index contributed by atoms with van der Waals surface area (Å²) in [6, 6.07) is 0.176. The van der Waals surface area contributed by atoms with Crippen LogP contribution in [0.1, 0.15) is 40.0 Å². The second kappa shape index (κ2) is 5.64. The molecule has 1 heterocycles. The fourth-order valence-corrected chi connectivity index (χ4v) is 2.00. The molecule has 0 aromatic carbocycles. The molecule has 0 bridgehead atoms. The van der Waals surface area contributed by atoms with Gasteiger partial charge in [0.1, 0.15) is 0 Å². The summed E-state index contributed by atoms with van der Waals surface area (Å²) in [5, 5.41) is 12.2. The van der Waals surface area contributed by atoms with Gasteiger partial charge in [-0.15, -0.1) is 0 Å². The Balaban J connectivity index is 2.39. The van der Waals surface area contributed by atoms with E-state index < -0.39 is 0 Å². The molecule has 4 heteroatoms. The molecule has 1 fully saturated rings. The van der Waals surface area contributed by atoms with Crippen molar-refractivity contribution in [1.29, 1.82) is 0 Å². The summed E-state index contributed by atoms with van der Waals surface area (Å²) in [6.45, 7) is 7.60. The highest BCUT2D eigenvalue weighted by Crippen LogP contribution is 2.16. The maximum Gasteiger partial charge on any atom is 0.234 e. The molecule has 0 spiro atoms. The quantitative estimate of drug-likeness (QED) is 0.730. The molecule has 0 saturated carbocycles. The minimum Gasteiger partial charge on any atom is -0.395 e. The first kappa shape index (κ1) is 13.5. The predicted molar refractivity (Wildman–Crippen MR) is 64.2 cm³/mol. The Morgan fingerprint density at radius 2 is 2.25 bits per heavy atom. The van der Waals surface area contributed by atoms with Crippen molar-refractivity contribution in [2.75, 3.05) is 19.7 Å². The summed E-state index contributed by atoms with van der Waals surface area (Å²) >= 11 is 0. The average molecular weight is 228 g/mol. The van der Waals surface area contributed by atoms with Crippen molar-refractivity contribution < 1.29 is 9.90 Å². The number of amides is 1. The molecule has 0 aromatic rings. The summed E-state index contributed by atoms with van der Waals surface area (Å²) in [5.74, 6) is 0.0622. The third-order valence-corrected chi connectivity index (χ3v) is 3.42. The first-order valence-corrected chi connectivity index (χ1v) is 6.14. The average Bonchev–Trinajstić information content (AvgIpc) is 2.64. The van der Waals surface area contributed by atoms with Crippen molar-refractivity contribution in [3.63, 3.8) is 0 Å². The molecule has 1 aliphatic rings. The van der Waals surface area contributed by atoms with Crippen LogP contribution < -0.4 is 5.32 Å². The van der Waals surface area contributed by atoms with Crippen LogP contribution in [0.5, 0.6) is 0 Å². The van der Waals surface area contributed by atoms with E-state index in [9.17, 15) is 4.79 Å². The molecule has 1 rings (SSSR count). The highest BCUT2D eigenvalue weighted by atomic mass is 16.3. The van der Waals surface area contributed by atoms with Crippen LogP contribution >= 0.6 is 0 Å². The maximum atomic E-state index is 11.8. The SMILES string of the molecule is CCC(C)(C)NC(=O)CN1CCC[C@@H]1CO. The van der Waals surface area contributed by atoms with Crippen LogP contribution in [-0.4, -0.2) is 47.2 Å². The molecule has 16 heavy (non-hydrogen) atoms. The van der Waals surface area contributed by atoms with Crippen molar-refractivity contribution in [3.8, 4) is 0 Å². The Morgan fingerprint density at radius 3 is 2.81 bits per heavy atom. The molecule has 1 atom stereocenters. The van der Waals surface area contributed by atoms with Crippen LogP contribution in [0.25, 0.3) is 0 Å². The van der Waals surface area contributed by atoms with Crippen LogP contribution in [0.3, 0.4) is 0 Å². The molecule has 1 aliphatic heterocycles. The largest absolute Gasteiger partial charge is 0.395 e. The third kappa shape index (κ3) is 3.76. The molecule has 1 amide bonds. The fourth-order valence-electron chi connectivity index (χ4n) is 2.00. The number of hydrogen-bond acceptors (Lipinski definition) is 3. The van der Waals surface area contributed by atoms with Crippen LogP contribution in [0.2, 0.25) is 0 Å². The normalized spacial score (nSPS) is 22.4. The zero-order valence-corrected chi connectivity index (χ0v) is 10.6. The summed E-state index contributed by atoms with van der Waals surface area (Å²) in [4.78, 5) is 13.9. The van der Waals surface area contributed by atoms with Gasteiger partial charge in [-0.25, -0.2) is 0 Å². The third-order valence-electron chi connectivity index (χ3n) is 3.42. The molecule has 0 radical (unpaired) electrons. The number of nitrogens with zero attached hydrogens (tertiary/aromatic N) is 1. The van der Waals surface area contributed by atoms with E-state index >= 15 is 0 Å². The predicted octanol–water partition coefficient (Wildman–Crippen LogP) is 0.748. The van der Waals surface area contributed by atoms with Crippen molar-refractivity contribution in [1.82, 2.24) is 10.2 Å². The standard InChI is InChI=1S/C12H24N2O2/c1-4-12(2,3)13-11(16)8-14-7-5-6-10(14)9-15/h10,15H,4-9H2,1-3H3,(H,13,16)/t10-/m1/s1. The van der Waals surface area contributed by atoms with E-state index in [2.05, 4.69) is 17.1 Å². The van der Waals surface area contributed by atoms with Gasteiger partial charge in [-0.2, -0.15) is 0 Å². The number of likely N-dealkylation sites (tertiary alicyclic amines) is 1. The number of rotatable bonds is 5. The van der Waals surface area contributed by atoms with Gasteiger partial charge in [0, 0.05) is 11.6 Å². The lowest BCUT2D eigenvalue weighted by atomic mass is 10.0. The Bertz CT molecular complexity index is 241. The number of carbonyl (C=O) groups is 1. The number of aliphatic hydroxyl groups excluding tert-OH is 1. The number of carbonyl (C=O) groups excluding carboxylic acids is 1. The highest BCUT2D eigenvalue weighted by Gasteiger charge is 2.27. The lowest BCUT2D eigenvalue weighted by Gasteiger charge is -2.27. The van der Waals surface area contributed by atoms with Crippen LogP contribution in [-0.2, 0) is 4.79 Å². The number of aliphatic hydroxyl groups is 1. The van der Waals surface area contributed by atoms with Gasteiger partial charge in [-0.1, -0.05) is 6.92 Å². The molecular formula is C12H24N2O2. The molecular weight excluding hydrogens is 204 g/mol. The lowest BCUT2D eigenvalue weighted by Crippen LogP contribution is -2.48. The van der Waals surface area contributed by atoms with Gasteiger partial charge in [0.2, 0.25) is 5.91 Å².